The van der Waals surface area contributed by atoms with E-state index in [1.54, 1.807) is 24.1 Å². The van der Waals surface area contributed by atoms with Gasteiger partial charge in [0.15, 0.2) is 6.10 Å². The van der Waals surface area contributed by atoms with Gasteiger partial charge < -0.3 is 14.1 Å². The van der Waals surface area contributed by atoms with Crippen LogP contribution in [0.3, 0.4) is 0 Å². The van der Waals surface area contributed by atoms with Gasteiger partial charge in [0.05, 0.1) is 29.9 Å². The molecule has 1 amide bonds. The number of aromatic amines is 1. The summed E-state index contributed by atoms with van der Waals surface area (Å²) in [6.45, 7) is 4.53. The molecule has 1 aromatic carbocycles. The Balaban J connectivity index is 1.63. The first kappa shape index (κ1) is 14.8. The smallest absolute Gasteiger partial charge is 0.256 e. The number of ether oxygens (including phenoxy) is 1. The van der Waals surface area contributed by atoms with Gasteiger partial charge in [0, 0.05) is 18.9 Å². The molecule has 1 fully saturated rings. The molecule has 0 bridgehead atoms. The fourth-order valence-corrected chi connectivity index (χ4v) is 3.01. The van der Waals surface area contributed by atoms with Gasteiger partial charge in [-0.2, -0.15) is 5.10 Å². The van der Waals surface area contributed by atoms with Crippen LogP contribution < -0.4 is 0 Å². The van der Waals surface area contributed by atoms with E-state index >= 15 is 0 Å². The molecule has 0 aliphatic carbocycles. The van der Waals surface area contributed by atoms with Crippen LogP contribution >= 0.6 is 0 Å². The van der Waals surface area contributed by atoms with Gasteiger partial charge in [-0.25, -0.2) is 0 Å². The molecule has 0 unspecified atom stereocenters. The molecule has 2 atom stereocenters. The van der Waals surface area contributed by atoms with E-state index in [1.807, 2.05) is 19.1 Å². The zero-order chi connectivity index (χ0) is 16.7. The van der Waals surface area contributed by atoms with Crippen LogP contribution in [-0.2, 0) is 4.74 Å². The van der Waals surface area contributed by atoms with E-state index in [-0.39, 0.29) is 12.0 Å². The van der Waals surface area contributed by atoms with E-state index in [4.69, 9.17) is 9.15 Å². The first-order chi connectivity index (χ1) is 11.6. The fraction of sp³-hybridized carbons (Fsp3) is 0.375. The Morgan fingerprint density at radius 3 is 3.00 bits per heavy atom. The number of aryl methyl sites for hydroxylation is 1. The molecule has 0 saturated carbocycles. The number of hydrogen-bond donors (Lipinski definition) is 1. The van der Waals surface area contributed by atoms with Crippen molar-refractivity contribution in [1.29, 1.82) is 0 Å². The first-order valence-electron chi connectivity index (χ1n) is 7.78. The average molecular weight is 327 g/mol. The maximum Gasteiger partial charge on any atom is 0.256 e. The van der Waals surface area contributed by atoms with Crippen molar-refractivity contribution >= 4 is 16.8 Å². The summed E-state index contributed by atoms with van der Waals surface area (Å²) in [5.41, 5.74) is 1.34. The number of hydrogen-bond acceptors (Lipinski definition) is 6. The third-order valence-corrected chi connectivity index (χ3v) is 4.07. The van der Waals surface area contributed by atoms with Crippen molar-refractivity contribution in [1.82, 2.24) is 25.3 Å². The Morgan fingerprint density at radius 2 is 2.21 bits per heavy atom. The van der Waals surface area contributed by atoms with Crippen LogP contribution in [0.1, 0.15) is 35.2 Å². The first-order valence-corrected chi connectivity index (χ1v) is 7.78. The van der Waals surface area contributed by atoms with Crippen LogP contribution in [0.4, 0.5) is 0 Å². The topological polar surface area (TPSA) is 97.1 Å². The number of rotatable bonds is 2. The van der Waals surface area contributed by atoms with Crippen LogP contribution in [0.15, 0.2) is 28.8 Å². The number of aromatic nitrogens is 4. The molecule has 1 N–H and O–H groups in total. The van der Waals surface area contributed by atoms with Gasteiger partial charge in [0.2, 0.25) is 11.8 Å². The molecule has 1 aliphatic heterocycles. The second kappa shape index (κ2) is 5.72. The van der Waals surface area contributed by atoms with Crippen LogP contribution in [0.5, 0.6) is 0 Å². The van der Waals surface area contributed by atoms with Crippen molar-refractivity contribution in [2.45, 2.75) is 26.1 Å². The minimum absolute atomic E-state index is 0.0683. The zero-order valence-corrected chi connectivity index (χ0v) is 13.4. The Kier molecular flexibility index (Phi) is 3.53. The Morgan fingerprint density at radius 1 is 1.33 bits per heavy atom. The highest BCUT2D eigenvalue weighted by molar-refractivity contribution is 6.05. The lowest BCUT2D eigenvalue weighted by Gasteiger charge is -2.35. The largest absolute Gasteiger partial charge is 0.423 e. The number of para-hydroxylation sites is 1. The highest BCUT2D eigenvalue weighted by atomic mass is 16.5. The Hall–Kier alpha value is -2.74. The lowest BCUT2D eigenvalue weighted by atomic mass is 10.1. The number of nitrogens with zero attached hydrogens (tertiary/aromatic N) is 4. The molecular formula is C16H17N5O3. The molecule has 8 nitrogen and oxygen atoms in total. The number of morpholine rings is 1. The highest BCUT2D eigenvalue weighted by Gasteiger charge is 2.33. The Labute approximate surface area is 137 Å². The Bertz CT molecular complexity index is 887. The quantitative estimate of drug-likeness (QED) is 0.771. The lowest BCUT2D eigenvalue weighted by Crippen LogP contribution is -2.46. The van der Waals surface area contributed by atoms with Crippen molar-refractivity contribution in [2.24, 2.45) is 0 Å². The minimum atomic E-state index is -0.417. The van der Waals surface area contributed by atoms with Crippen molar-refractivity contribution in [3.8, 4) is 0 Å². The molecule has 8 heteroatoms. The van der Waals surface area contributed by atoms with Crippen LogP contribution in [0.2, 0.25) is 0 Å². The van der Waals surface area contributed by atoms with Crippen molar-refractivity contribution in [3.63, 3.8) is 0 Å². The molecule has 0 spiro atoms. The second-order valence-electron chi connectivity index (χ2n) is 5.94. The number of carbonyl (C=O) groups is 1. The molecule has 1 saturated heterocycles. The summed E-state index contributed by atoms with van der Waals surface area (Å²) in [6, 6.07) is 5.57. The van der Waals surface area contributed by atoms with Gasteiger partial charge in [-0.15, -0.1) is 10.2 Å². The van der Waals surface area contributed by atoms with Crippen molar-refractivity contribution < 1.29 is 13.9 Å². The summed E-state index contributed by atoms with van der Waals surface area (Å²) in [7, 11) is 0. The van der Waals surface area contributed by atoms with Crippen LogP contribution in [-0.4, -0.2) is 50.4 Å². The predicted octanol–water partition coefficient (Wildman–Crippen LogP) is 1.86. The number of fused-ring (bicyclic) bond motifs is 1. The van der Waals surface area contributed by atoms with Gasteiger partial charge in [-0.05, 0) is 13.0 Å². The lowest BCUT2D eigenvalue weighted by molar-refractivity contribution is -0.0796. The highest BCUT2D eigenvalue weighted by Crippen LogP contribution is 2.26. The summed E-state index contributed by atoms with van der Waals surface area (Å²) in [5.74, 6) is 0.810. The maximum atomic E-state index is 13.0. The molecule has 4 rings (SSSR count). The SMILES string of the molecule is Cc1nnc([C@H]2CN(C(=O)c3cccc4cn[nH]c34)C[C@@H](C)O2)o1. The van der Waals surface area contributed by atoms with Gasteiger partial charge in [-0.3, -0.25) is 9.89 Å². The summed E-state index contributed by atoms with van der Waals surface area (Å²) >= 11 is 0. The average Bonchev–Trinajstić information content (AvgIpc) is 3.22. The third-order valence-electron chi connectivity index (χ3n) is 4.07. The predicted molar refractivity (Wildman–Crippen MR) is 84.3 cm³/mol. The van der Waals surface area contributed by atoms with Gasteiger partial charge >= 0.3 is 0 Å². The molecule has 0 radical (unpaired) electrons. The minimum Gasteiger partial charge on any atom is -0.423 e. The monoisotopic (exact) mass is 327 g/mol. The zero-order valence-electron chi connectivity index (χ0n) is 13.4. The summed E-state index contributed by atoms with van der Waals surface area (Å²) in [5, 5.41) is 15.7. The van der Waals surface area contributed by atoms with Gasteiger partial charge in [-0.1, -0.05) is 12.1 Å². The maximum absolute atomic E-state index is 13.0. The normalized spacial score (nSPS) is 21.3. The summed E-state index contributed by atoms with van der Waals surface area (Å²) < 4.78 is 11.3. The van der Waals surface area contributed by atoms with E-state index in [1.165, 1.54) is 0 Å². The van der Waals surface area contributed by atoms with Crippen molar-refractivity contribution in [2.75, 3.05) is 13.1 Å². The van der Waals surface area contributed by atoms with E-state index in [0.29, 0.717) is 30.4 Å². The number of nitrogens with one attached hydrogen (secondary N) is 1. The van der Waals surface area contributed by atoms with Gasteiger partial charge in [0.25, 0.3) is 5.91 Å². The molecule has 3 aromatic rings. The summed E-state index contributed by atoms with van der Waals surface area (Å²) in [4.78, 5) is 14.8. The molecule has 1 aliphatic rings. The number of benzene rings is 1. The van der Waals surface area contributed by atoms with Crippen LogP contribution in [0, 0.1) is 6.92 Å². The number of carbonyl (C=O) groups excluding carboxylic acids is 1. The van der Waals surface area contributed by atoms with E-state index < -0.39 is 6.10 Å². The molecule has 124 valence electrons. The second-order valence-corrected chi connectivity index (χ2v) is 5.94. The molecule has 2 aromatic heterocycles. The van der Waals surface area contributed by atoms with Crippen LogP contribution in [0.25, 0.3) is 10.9 Å². The number of H-pyrrole nitrogens is 1. The van der Waals surface area contributed by atoms with Crippen molar-refractivity contribution in [3.05, 3.63) is 41.7 Å². The molecule has 3 heterocycles. The standard InChI is InChI=1S/C16H17N5O3/c1-9-7-21(8-13(23-9)15-20-18-10(2)24-15)16(22)12-5-3-4-11-6-17-19-14(11)12/h3-6,9,13H,7-8H2,1-2H3,(H,17,19)/t9-,13-/m1/s1. The van der Waals surface area contributed by atoms with E-state index in [9.17, 15) is 4.79 Å². The van der Waals surface area contributed by atoms with Gasteiger partial charge in [0.1, 0.15) is 0 Å². The van der Waals surface area contributed by atoms with E-state index in [0.717, 1.165) is 10.9 Å². The summed E-state index contributed by atoms with van der Waals surface area (Å²) in [6.07, 6.45) is 1.17. The van der Waals surface area contributed by atoms with E-state index in [2.05, 4.69) is 20.4 Å². The number of amides is 1. The molecular weight excluding hydrogens is 310 g/mol. The third kappa shape index (κ3) is 2.54. The fourth-order valence-electron chi connectivity index (χ4n) is 3.01. The molecule has 24 heavy (non-hydrogen) atoms.